The first-order valence-corrected chi connectivity index (χ1v) is 8.76. The highest BCUT2D eigenvalue weighted by atomic mass is 35.5. The van der Waals surface area contributed by atoms with E-state index in [0.717, 1.165) is 50.3 Å². The van der Waals surface area contributed by atoms with Gasteiger partial charge >= 0.3 is 0 Å². The lowest BCUT2D eigenvalue weighted by Crippen LogP contribution is -2.41. The van der Waals surface area contributed by atoms with E-state index in [1.54, 1.807) is 0 Å². The molecule has 122 valence electrons. The lowest BCUT2D eigenvalue weighted by Gasteiger charge is -2.35. The van der Waals surface area contributed by atoms with Crippen molar-refractivity contribution in [3.05, 3.63) is 34.9 Å². The number of carbonyl (C=O) groups is 1. The van der Waals surface area contributed by atoms with Crippen LogP contribution in [0.4, 0.5) is 0 Å². The zero-order valence-electron chi connectivity index (χ0n) is 13.6. The third-order valence-electron chi connectivity index (χ3n) is 4.61. The summed E-state index contributed by atoms with van der Waals surface area (Å²) in [6.45, 7) is 7.11. The third-order valence-corrected chi connectivity index (χ3v) is 4.84. The molecule has 0 bridgehead atoms. The van der Waals surface area contributed by atoms with E-state index in [0.29, 0.717) is 6.04 Å². The summed E-state index contributed by atoms with van der Waals surface area (Å²) in [5.41, 5.74) is 1.25. The number of benzene rings is 1. The summed E-state index contributed by atoms with van der Waals surface area (Å²) in [5, 5.41) is 3.85. The minimum atomic E-state index is 0.180. The Bertz CT molecular complexity index is 484. The first-order chi connectivity index (χ1) is 10.6. The fraction of sp³-hybridized carbons (Fsp3) is 0.611. The lowest BCUT2D eigenvalue weighted by molar-refractivity contribution is -0.126. The fourth-order valence-corrected chi connectivity index (χ4v) is 3.26. The predicted molar refractivity (Wildman–Crippen MR) is 92.1 cm³/mol. The first kappa shape index (κ1) is 17.3. The highest BCUT2D eigenvalue weighted by molar-refractivity contribution is 6.30. The maximum absolute atomic E-state index is 12.1. The topological polar surface area (TPSA) is 32.3 Å². The largest absolute Gasteiger partial charge is 0.356 e. The molecule has 0 saturated carbocycles. The van der Waals surface area contributed by atoms with E-state index in [9.17, 15) is 4.79 Å². The van der Waals surface area contributed by atoms with E-state index in [2.05, 4.69) is 30.1 Å². The molecule has 3 nitrogen and oxygen atoms in total. The molecule has 22 heavy (non-hydrogen) atoms. The van der Waals surface area contributed by atoms with Gasteiger partial charge in [-0.05, 0) is 57.0 Å². The van der Waals surface area contributed by atoms with Gasteiger partial charge in [-0.3, -0.25) is 9.69 Å². The molecule has 1 amide bonds. The molecule has 1 aromatic rings. The smallest absolute Gasteiger partial charge is 0.223 e. The Morgan fingerprint density at radius 3 is 2.77 bits per heavy atom. The summed E-state index contributed by atoms with van der Waals surface area (Å²) in [6.07, 6.45) is 4.08. The minimum Gasteiger partial charge on any atom is -0.356 e. The van der Waals surface area contributed by atoms with Crippen molar-refractivity contribution in [1.82, 2.24) is 10.2 Å². The zero-order chi connectivity index (χ0) is 15.9. The van der Waals surface area contributed by atoms with E-state index in [-0.39, 0.29) is 11.8 Å². The molecule has 1 unspecified atom stereocenters. The Hall–Kier alpha value is -1.06. The quantitative estimate of drug-likeness (QED) is 0.802. The summed E-state index contributed by atoms with van der Waals surface area (Å²) >= 11 is 6.08. The van der Waals surface area contributed by atoms with Gasteiger partial charge < -0.3 is 5.32 Å². The van der Waals surface area contributed by atoms with Crippen molar-refractivity contribution < 1.29 is 4.79 Å². The van der Waals surface area contributed by atoms with Gasteiger partial charge in [-0.15, -0.1) is 0 Å². The molecule has 4 heteroatoms. The van der Waals surface area contributed by atoms with Gasteiger partial charge in [0.2, 0.25) is 5.91 Å². The third kappa shape index (κ3) is 4.72. The van der Waals surface area contributed by atoms with Crippen LogP contribution in [0.15, 0.2) is 24.3 Å². The van der Waals surface area contributed by atoms with Gasteiger partial charge in [-0.1, -0.05) is 37.1 Å². The first-order valence-electron chi connectivity index (χ1n) is 8.39. The maximum atomic E-state index is 12.1. The molecule has 1 aliphatic rings. The summed E-state index contributed by atoms with van der Waals surface area (Å²) in [5.74, 6) is 0.420. The molecule has 0 aromatic heterocycles. The van der Waals surface area contributed by atoms with Gasteiger partial charge in [-0.2, -0.15) is 0 Å². The molecule has 1 atom stereocenters. The molecule has 0 radical (unpaired) electrons. The second-order valence-electron chi connectivity index (χ2n) is 6.19. The number of nitrogens with zero attached hydrogens (tertiary/aromatic N) is 1. The SMILES string of the molecule is CCCCNC(=O)C1CCN(C(C)c2cccc(Cl)c2)CC1. The van der Waals surface area contributed by atoms with Gasteiger partial charge in [0.25, 0.3) is 0 Å². The monoisotopic (exact) mass is 322 g/mol. The van der Waals surface area contributed by atoms with Crippen molar-refractivity contribution in [1.29, 1.82) is 0 Å². The van der Waals surface area contributed by atoms with Gasteiger partial charge in [0.1, 0.15) is 0 Å². The summed E-state index contributed by atoms with van der Waals surface area (Å²) in [6, 6.07) is 8.42. The van der Waals surface area contributed by atoms with Crippen molar-refractivity contribution in [2.45, 2.75) is 45.6 Å². The molecule has 1 N–H and O–H groups in total. The van der Waals surface area contributed by atoms with Crippen LogP contribution < -0.4 is 5.32 Å². The standard InChI is InChI=1S/C18H27ClN2O/c1-3-4-10-20-18(22)15-8-11-21(12-9-15)14(2)16-6-5-7-17(19)13-16/h5-7,13-15H,3-4,8-12H2,1-2H3,(H,20,22). The Morgan fingerprint density at radius 2 is 2.14 bits per heavy atom. The zero-order valence-corrected chi connectivity index (χ0v) is 14.4. The van der Waals surface area contributed by atoms with E-state index < -0.39 is 0 Å². The number of hydrogen-bond donors (Lipinski definition) is 1. The van der Waals surface area contributed by atoms with Crippen molar-refractivity contribution in [2.75, 3.05) is 19.6 Å². The number of unbranched alkanes of at least 4 members (excludes halogenated alkanes) is 1. The van der Waals surface area contributed by atoms with Gasteiger partial charge in [0.05, 0.1) is 0 Å². The number of nitrogens with one attached hydrogen (secondary N) is 1. The maximum Gasteiger partial charge on any atom is 0.223 e. The second kappa shape index (κ2) is 8.54. The Kier molecular flexibility index (Phi) is 6.71. The van der Waals surface area contributed by atoms with Crippen LogP contribution in [0.2, 0.25) is 5.02 Å². The molecule has 1 aliphatic heterocycles. The normalized spacial score (nSPS) is 18.1. The highest BCUT2D eigenvalue weighted by Crippen LogP contribution is 2.27. The molecule has 0 aliphatic carbocycles. The van der Waals surface area contributed by atoms with Gasteiger partial charge in [0.15, 0.2) is 0 Å². The molecule has 1 heterocycles. The Balaban J connectivity index is 1.82. The van der Waals surface area contributed by atoms with Crippen molar-refractivity contribution in [3.63, 3.8) is 0 Å². The molecule has 2 rings (SSSR count). The van der Waals surface area contributed by atoms with Crippen molar-refractivity contribution in [3.8, 4) is 0 Å². The fourth-order valence-electron chi connectivity index (χ4n) is 3.06. The Morgan fingerprint density at radius 1 is 1.41 bits per heavy atom. The number of likely N-dealkylation sites (tertiary alicyclic amines) is 1. The van der Waals surface area contributed by atoms with E-state index in [1.165, 1.54) is 5.56 Å². The molecule has 1 saturated heterocycles. The van der Waals surface area contributed by atoms with Gasteiger partial charge in [-0.25, -0.2) is 0 Å². The average molecular weight is 323 g/mol. The molecular weight excluding hydrogens is 296 g/mol. The molecule has 1 fully saturated rings. The van der Waals surface area contributed by atoms with Crippen molar-refractivity contribution >= 4 is 17.5 Å². The van der Waals surface area contributed by atoms with Crippen LogP contribution in [0.3, 0.4) is 0 Å². The molecular formula is C18H27ClN2O. The molecule has 0 spiro atoms. The second-order valence-corrected chi connectivity index (χ2v) is 6.62. The number of rotatable bonds is 6. The van der Waals surface area contributed by atoms with Crippen LogP contribution >= 0.6 is 11.6 Å². The number of amides is 1. The summed E-state index contributed by atoms with van der Waals surface area (Å²) in [4.78, 5) is 14.6. The highest BCUT2D eigenvalue weighted by Gasteiger charge is 2.27. The number of piperidine rings is 1. The number of carbonyl (C=O) groups excluding carboxylic acids is 1. The van der Waals surface area contributed by atoms with Crippen LogP contribution in [0.1, 0.15) is 51.1 Å². The summed E-state index contributed by atoms with van der Waals surface area (Å²) < 4.78 is 0. The number of halogens is 1. The number of hydrogen-bond acceptors (Lipinski definition) is 2. The van der Waals surface area contributed by atoms with Crippen molar-refractivity contribution in [2.24, 2.45) is 5.92 Å². The van der Waals surface area contributed by atoms with E-state index in [1.807, 2.05) is 18.2 Å². The summed E-state index contributed by atoms with van der Waals surface area (Å²) in [7, 11) is 0. The van der Waals surface area contributed by atoms with E-state index in [4.69, 9.17) is 11.6 Å². The average Bonchev–Trinajstić information content (AvgIpc) is 2.54. The van der Waals surface area contributed by atoms with E-state index >= 15 is 0 Å². The van der Waals surface area contributed by atoms with Crippen LogP contribution in [-0.2, 0) is 4.79 Å². The lowest BCUT2D eigenvalue weighted by atomic mass is 9.94. The molecule has 1 aromatic carbocycles. The minimum absolute atomic E-state index is 0.180. The van der Waals surface area contributed by atoms with Crippen LogP contribution in [-0.4, -0.2) is 30.4 Å². The van der Waals surface area contributed by atoms with Crippen LogP contribution in [0.25, 0.3) is 0 Å². The van der Waals surface area contributed by atoms with Gasteiger partial charge in [0, 0.05) is 23.5 Å². The Labute approximate surface area is 139 Å². The van der Waals surface area contributed by atoms with Crippen LogP contribution in [0.5, 0.6) is 0 Å². The van der Waals surface area contributed by atoms with Crippen LogP contribution in [0, 0.1) is 5.92 Å². The predicted octanol–water partition coefficient (Wildman–Crippen LogP) is 4.03.